The third kappa shape index (κ3) is 3.91. The van der Waals surface area contributed by atoms with E-state index in [2.05, 4.69) is 11.4 Å². The molecule has 3 heteroatoms. The van der Waals surface area contributed by atoms with Crippen molar-refractivity contribution in [2.75, 3.05) is 6.54 Å². The second-order valence-electron chi connectivity index (χ2n) is 4.94. The van der Waals surface area contributed by atoms with Gasteiger partial charge in [-0.3, -0.25) is 0 Å². The summed E-state index contributed by atoms with van der Waals surface area (Å²) in [6, 6.07) is 4.72. The number of nitrogens with one attached hydrogen (secondary N) is 1. The van der Waals surface area contributed by atoms with Gasteiger partial charge in [0.05, 0.1) is 0 Å². The standard InChI is InChI=1S/C15H19F2N/c1-11(4-3-9-18-12-7-8-12)10-13-14(16)5-2-6-15(13)17/h2,4-6,12,18H,3,7-10H2,1H3/b11-4-. The lowest BCUT2D eigenvalue weighted by Gasteiger charge is -2.06. The first-order chi connectivity index (χ1) is 8.66. The van der Waals surface area contributed by atoms with Crippen molar-refractivity contribution >= 4 is 0 Å². The highest BCUT2D eigenvalue weighted by Crippen LogP contribution is 2.19. The molecule has 0 unspecified atom stereocenters. The van der Waals surface area contributed by atoms with Crippen molar-refractivity contribution in [3.05, 3.63) is 47.0 Å². The van der Waals surface area contributed by atoms with Gasteiger partial charge in [0.25, 0.3) is 0 Å². The maximum absolute atomic E-state index is 13.4. The Morgan fingerprint density at radius 1 is 1.33 bits per heavy atom. The Hall–Kier alpha value is -1.22. The molecule has 0 aromatic heterocycles. The molecule has 0 amide bonds. The van der Waals surface area contributed by atoms with Crippen LogP contribution >= 0.6 is 0 Å². The first-order valence-electron chi connectivity index (χ1n) is 6.48. The second-order valence-corrected chi connectivity index (χ2v) is 4.94. The maximum Gasteiger partial charge on any atom is 0.129 e. The van der Waals surface area contributed by atoms with Crippen molar-refractivity contribution in [1.82, 2.24) is 5.32 Å². The molecule has 1 N–H and O–H groups in total. The van der Waals surface area contributed by atoms with E-state index in [0.29, 0.717) is 12.5 Å². The monoisotopic (exact) mass is 251 g/mol. The van der Waals surface area contributed by atoms with E-state index in [-0.39, 0.29) is 5.56 Å². The molecule has 1 aliphatic rings. The average molecular weight is 251 g/mol. The third-order valence-electron chi connectivity index (χ3n) is 3.16. The SMILES string of the molecule is C/C(=C/CCNC1CC1)Cc1c(F)cccc1F. The van der Waals surface area contributed by atoms with E-state index >= 15 is 0 Å². The summed E-state index contributed by atoms with van der Waals surface area (Å²) < 4.78 is 26.9. The highest BCUT2D eigenvalue weighted by molar-refractivity contribution is 5.24. The molecule has 0 spiro atoms. The number of hydrogen-bond acceptors (Lipinski definition) is 1. The third-order valence-corrected chi connectivity index (χ3v) is 3.16. The zero-order chi connectivity index (χ0) is 13.0. The molecule has 18 heavy (non-hydrogen) atoms. The Labute approximate surface area is 107 Å². The van der Waals surface area contributed by atoms with E-state index in [1.165, 1.54) is 31.0 Å². The van der Waals surface area contributed by atoms with Crippen molar-refractivity contribution in [2.45, 2.75) is 38.6 Å². The van der Waals surface area contributed by atoms with Gasteiger partial charge < -0.3 is 5.32 Å². The van der Waals surface area contributed by atoms with Gasteiger partial charge in [0.2, 0.25) is 0 Å². The predicted molar refractivity (Wildman–Crippen MR) is 69.5 cm³/mol. The van der Waals surface area contributed by atoms with Crippen LogP contribution in [0.1, 0.15) is 31.7 Å². The van der Waals surface area contributed by atoms with E-state index < -0.39 is 11.6 Å². The highest BCUT2D eigenvalue weighted by atomic mass is 19.1. The number of halogens is 2. The molecule has 2 rings (SSSR count). The summed E-state index contributed by atoms with van der Waals surface area (Å²) >= 11 is 0. The van der Waals surface area contributed by atoms with E-state index in [4.69, 9.17) is 0 Å². The molecule has 1 fully saturated rings. The smallest absolute Gasteiger partial charge is 0.129 e. The molecule has 1 saturated carbocycles. The molecular weight excluding hydrogens is 232 g/mol. The molecular formula is C15H19F2N. The minimum Gasteiger partial charge on any atom is -0.314 e. The van der Waals surface area contributed by atoms with Gasteiger partial charge >= 0.3 is 0 Å². The number of benzene rings is 1. The summed E-state index contributed by atoms with van der Waals surface area (Å²) in [6.45, 7) is 2.87. The van der Waals surface area contributed by atoms with E-state index in [9.17, 15) is 8.78 Å². The average Bonchev–Trinajstić information content (AvgIpc) is 3.14. The molecule has 0 radical (unpaired) electrons. The van der Waals surface area contributed by atoms with Crippen LogP contribution in [0.25, 0.3) is 0 Å². The van der Waals surface area contributed by atoms with Gasteiger partial charge in [-0.15, -0.1) is 0 Å². The zero-order valence-electron chi connectivity index (χ0n) is 10.7. The largest absolute Gasteiger partial charge is 0.314 e. The van der Waals surface area contributed by atoms with Gasteiger partial charge in [-0.2, -0.15) is 0 Å². The summed E-state index contributed by atoms with van der Waals surface area (Å²) in [7, 11) is 0. The molecule has 1 aromatic carbocycles. The maximum atomic E-state index is 13.4. The Bertz CT molecular complexity index is 416. The van der Waals surface area contributed by atoms with Gasteiger partial charge in [-0.1, -0.05) is 17.7 Å². The van der Waals surface area contributed by atoms with Crippen LogP contribution in [0, 0.1) is 11.6 Å². The normalized spacial score (nSPS) is 16.1. The second kappa shape index (κ2) is 6.10. The number of allylic oxidation sites excluding steroid dienone is 1. The van der Waals surface area contributed by atoms with Gasteiger partial charge in [-0.05, 0) is 51.3 Å². The fourth-order valence-electron chi connectivity index (χ4n) is 1.95. The van der Waals surface area contributed by atoms with Crippen LogP contribution in [0.2, 0.25) is 0 Å². The summed E-state index contributed by atoms with van der Waals surface area (Å²) in [5.74, 6) is -0.919. The molecule has 1 nitrogen and oxygen atoms in total. The first-order valence-corrected chi connectivity index (χ1v) is 6.48. The van der Waals surface area contributed by atoms with Crippen molar-refractivity contribution in [2.24, 2.45) is 0 Å². The fraction of sp³-hybridized carbons (Fsp3) is 0.467. The quantitative estimate of drug-likeness (QED) is 0.601. The minimum absolute atomic E-state index is 0.168. The van der Waals surface area contributed by atoms with Crippen molar-refractivity contribution in [1.29, 1.82) is 0 Å². The molecule has 98 valence electrons. The Balaban J connectivity index is 1.84. The van der Waals surface area contributed by atoms with Crippen LogP contribution < -0.4 is 5.32 Å². The van der Waals surface area contributed by atoms with E-state index in [1.807, 2.05) is 6.92 Å². The molecule has 0 saturated heterocycles. The summed E-state index contributed by atoms with van der Waals surface area (Å²) in [6.07, 6.45) is 5.88. The first kappa shape index (κ1) is 13.2. The van der Waals surface area contributed by atoms with Crippen LogP contribution in [0.4, 0.5) is 8.78 Å². The van der Waals surface area contributed by atoms with Crippen molar-refractivity contribution < 1.29 is 8.78 Å². The Kier molecular flexibility index (Phi) is 4.48. The predicted octanol–water partition coefficient (Wildman–Crippen LogP) is 3.60. The molecule has 0 bridgehead atoms. The molecule has 0 atom stereocenters. The molecule has 1 aromatic rings. The lowest BCUT2D eigenvalue weighted by Crippen LogP contribution is -2.16. The van der Waals surface area contributed by atoms with Crippen LogP contribution in [0.15, 0.2) is 29.8 Å². The van der Waals surface area contributed by atoms with Gasteiger partial charge in [0, 0.05) is 11.6 Å². The van der Waals surface area contributed by atoms with Crippen molar-refractivity contribution in [3.8, 4) is 0 Å². The van der Waals surface area contributed by atoms with Gasteiger partial charge in [0.1, 0.15) is 11.6 Å². The fourth-order valence-corrected chi connectivity index (χ4v) is 1.95. The van der Waals surface area contributed by atoms with Crippen LogP contribution in [-0.4, -0.2) is 12.6 Å². The lowest BCUT2D eigenvalue weighted by atomic mass is 10.0. The summed E-state index contributed by atoms with van der Waals surface area (Å²) in [4.78, 5) is 0. The number of hydrogen-bond donors (Lipinski definition) is 1. The minimum atomic E-state index is -0.459. The van der Waals surface area contributed by atoms with Crippen molar-refractivity contribution in [3.63, 3.8) is 0 Å². The topological polar surface area (TPSA) is 12.0 Å². The molecule has 0 aliphatic heterocycles. The summed E-state index contributed by atoms with van der Waals surface area (Å²) in [5.41, 5.74) is 1.18. The summed E-state index contributed by atoms with van der Waals surface area (Å²) in [5, 5.41) is 3.41. The Morgan fingerprint density at radius 2 is 2.00 bits per heavy atom. The highest BCUT2D eigenvalue weighted by Gasteiger charge is 2.19. The van der Waals surface area contributed by atoms with Gasteiger partial charge in [0.15, 0.2) is 0 Å². The van der Waals surface area contributed by atoms with E-state index in [0.717, 1.165) is 18.5 Å². The van der Waals surface area contributed by atoms with Gasteiger partial charge in [-0.25, -0.2) is 8.78 Å². The lowest BCUT2D eigenvalue weighted by molar-refractivity contribution is 0.560. The molecule has 1 aliphatic carbocycles. The zero-order valence-corrected chi connectivity index (χ0v) is 10.7. The van der Waals surface area contributed by atoms with E-state index in [1.54, 1.807) is 0 Å². The van der Waals surface area contributed by atoms with Crippen LogP contribution in [0.5, 0.6) is 0 Å². The van der Waals surface area contributed by atoms with Crippen LogP contribution in [-0.2, 0) is 6.42 Å². The molecule has 0 heterocycles. The van der Waals surface area contributed by atoms with Crippen LogP contribution in [0.3, 0.4) is 0 Å². The number of rotatable bonds is 6. The Morgan fingerprint density at radius 3 is 2.61 bits per heavy atom.